The molecule has 14 nitrogen and oxygen atoms in total. The Morgan fingerprint density at radius 1 is 1.17 bits per heavy atom. The summed E-state index contributed by atoms with van der Waals surface area (Å²) >= 11 is 0.824. The largest absolute Gasteiger partial charge is 0.480 e. The van der Waals surface area contributed by atoms with Crippen molar-refractivity contribution in [2.75, 3.05) is 18.9 Å². The van der Waals surface area contributed by atoms with Crippen molar-refractivity contribution in [1.29, 1.82) is 0 Å². The van der Waals surface area contributed by atoms with Crippen LogP contribution in [0.25, 0.3) is 0 Å². The molecule has 0 spiro atoms. The fourth-order valence-electron chi connectivity index (χ4n) is 3.38. The van der Waals surface area contributed by atoms with Gasteiger partial charge in [-0.2, -0.15) is 0 Å². The number of aliphatic hydroxyl groups is 1. The van der Waals surface area contributed by atoms with Crippen molar-refractivity contribution in [2.24, 2.45) is 17.4 Å². The molecule has 15 heteroatoms. The van der Waals surface area contributed by atoms with Crippen molar-refractivity contribution in [3.8, 4) is 0 Å². The van der Waals surface area contributed by atoms with Crippen LogP contribution < -0.4 is 32.7 Å². The minimum atomic E-state index is -1.62. The van der Waals surface area contributed by atoms with Crippen LogP contribution in [0.3, 0.4) is 0 Å². The number of hydrogen-bond acceptors (Lipinski definition) is 10. The summed E-state index contributed by atoms with van der Waals surface area (Å²) in [6.07, 6.45) is 0.317. The molecule has 0 aliphatic carbocycles. The lowest BCUT2D eigenvalue weighted by Gasteiger charge is -2.33. The van der Waals surface area contributed by atoms with Crippen molar-refractivity contribution >= 4 is 47.6 Å². The molecule has 1 aliphatic heterocycles. The molecular formula is C21H36N6O8S. The second kappa shape index (κ2) is 14.1. The number of aliphatic carboxylic acids is 1. The van der Waals surface area contributed by atoms with E-state index in [4.69, 9.17) is 11.5 Å². The molecule has 0 aromatic rings. The average molecular weight is 533 g/mol. The van der Waals surface area contributed by atoms with Crippen LogP contribution in [0, 0.1) is 5.92 Å². The number of carboxylic acids is 1. The molecule has 36 heavy (non-hydrogen) atoms. The van der Waals surface area contributed by atoms with Crippen molar-refractivity contribution < 1.29 is 39.0 Å². The van der Waals surface area contributed by atoms with Gasteiger partial charge in [0.1, 0.15) is 29.7 Å². The van der Waals surface area contributed by atoms with Crippen molar-refractivity contribution in [2.45, 2.75) is 68.6 Å². The van der Waals surface area contributed by atoms with E-state index >= 15 is 0 Å². The van der Waals surface area contributed by atoms with Crippen LogP contribution in [-0.2, 0) is 28.8 Å². The summed E-state index contributed by atoms with van der Waals surface area (Å²) in [5.41, 5.74) is 9.76. The molecule has 4 amide bonds. The molecule has 1 heterocycles. The fourth-order valence-corrected chi connectivity index (χ4v) is 4.72. The van der Waals surface area contributed by atoms with E-state index < -0.39 is 77.6 Å². The fraction of sp³-hybridized carbons (Fsp3) is 0.714. The highest BCUT2D eigenvalue weighted by Crippen LogP contribution is 2.25. The molecule has 10 N–H and O–H groups in total. The zero-order valence-corrected chi connectivity index (χ0v) is 21.3. The number of carboxylic acid groups (broad SMARTS) is 1. The highest BCUT2D eigenvalue weighted by Gasteiger charge is 2.38. The van der Waals surface area contributed by atoms with E-state index in [9.17, 15) is 39.0 Å². The molecule has 1 saturated heterocycles. The standard InChI is InChI=1S/C21H36N6O8S/c1-4-10(2)15-16(20(34)35)36-9-21(23,8-29)7-24-13(6-28)19(33)25-11(3)17(31)26-12(5-14(22)30)18(32)27-15/h8,10-13,15-16,24,28H,4-7,9,23H2,1-3H3,(H2,22,30)(H,25,33)(H,26,31)(H,27,32)(H,34,35)/t10?,11-,12-,13?,15?,16?,21+/m0/s1. The Hall–Kier alpha value is -2.75. The number of aliphatic hydroxyl groups excluding tert-OH is 1. The van der Waals surface area contributed by atoms with E-state index in [0.29, 0.717) is 12.7 Å². The predicted molar refractivity (Wildman–Crippen MR) is 130 cm³/mol. The summed E-state index contributed by atoms with van der Waals surface area (Å²) in [4.78, 5) is 73.8. The van der Waals surface area contributed by atoms with Crippen LogP contribution in [0.15, 0.2) is 0 Å². The topological polar surface area (TPSA) is 243 Å². The molecule has 204 valence electrons. The van der Waals surface area contributed by atoms with Crippen LogP contribution in [0.1, 0.15) is 33.6 Å². The summed E-state index contributed by atoms with van der Waals surface area (Å²) in [6, 6.07) is -4.83. The summed E-state index contributed by atoms with van der Waals surface area (Å²) in [5.74, 6) is -5.16. The summed E-state index contributed by atoms with van der Waals surface area (Å²) < 4.78 is 0. The number of carbonyl (C=O) groups is 6. The maximum absolute atomic E-state index is 13.1. The first-order chi connectivity index (χ1) is 16.8. The molecule has 1 rings (SSSR count). The molecule has 1 fully saturated rings. The Morgan fingerprint density at radius 3 is 2.28 bits per heavy atom. The van der Waals surface area contributed by atoms with Crippen LogP contribution >= 0.6 is 11.8 Å². The third-order valence-electron chi connectivity index (χ3n) is 5.87. The number of carbonyl (C=O) groups excluding carboxylic acids is 5. The van der Waals surface area contributed by atoms with Gasteiger partial charge in [-0.3, -0.25) is 24.0 Å². The maximum Gasteiger partial charge on any atom is 0.318 e. The third kappa shape index (κ3) is 9.04. The zero-order chi connectivity index (χ0) is 27.6. The molecule has 0 bridgehead atoms. The predicted octanol–water partition coefficient (Wildman–Crippen LogP) is -3.57. The van der Waals surface area contributed by atoms with Gasteiger partial charge in [0.05, 0.1) is 24.6 Å². The van der Waals surface area contributed by atoms with Crippen molar-refractivity contribution in [3.05, 3.63) is 0 Å². The number of primary amides is 1. The number of nitrogens with one attached hydrogen (secondary N) is 4. The Balaban J connectivity index is 3.48. The van der Waals surface area contributed by atoms with E-state index in [-0.39, 0.29) is 18.2 Å². The molecule has 0 radical (unpaired) electrons. The first kappa shape index (κ1) is 31.3. The molecule has 0 aromatic carbocycles. The van der Waals surface area contributed by atoms with Gasteiger partial charge < -0.3 is 47.7 Å². The number of aldehydes is 1. The van der Waals surface area contributed by atoms with Gasteiger partial charge in [0.15, 0.2) is 0 Å². The van der Waals surface area contributed by atoms with E-state index in [1.165, 1.54) is 6.92 Å². The Morgan fingerprint density at radius 2 is 1.78 bits per heavy atom. The zero-order valence-electron chi connectivity index (χ0n) is 20.5. The van der Waals surface area contributed by atoms with Crippen molar-refractivity contribution in [1.82, 2.24) is 21.3 Å². The lowest BCUT2D eigenvalue weighted by atomic mass is 9.95. The minimum Gasteiger partial charge on any atom is -0.480 e. The van der Waals surface area contributed by atoms with Gasteiger partial charge in [-0.15, -0.1) is 11.8 Å². The highest BCUT2D eigenvalue weighted by atomic mass is 32.2. The van der Waals surface area contributed by atoms with Gasteiger partial charge in [0, 0.05) is 12.3 Å². The first-order valence-corrected chi connectivity index (χ1v) is 12.5. The van der Waals surface area contributed by atoms with E-state index in [0.717, 1.165) is 11.8 Å². The molecule has 0 aromatic heterocycles. The molecule has 1 aliphatic rings. The lowest BCUT2D eigenvalue weighted by molar-refractivity contribution is -0.138. The average Bonchev–Trinajstić information content (AvgIpc) is 2.81. The molecular weight excluding hydrogens is 496 g/mol. The highest BCUT2D eigenvalue weighted by molar-refractivity contribution is 8.00. The summed E-state index contributed by atoms with van der Waals surface area (Å²) in [6.45, 7) is 3.87. The Kier molecular flexibility index (Phi) is 12.3. The molecule has 7 atom stereocenters. The monoisotopic (exact) mass is 532 g/mol. The van der Waals surface area contributed by atoms with Gasteiger partial charge in [-0.25, -0.2) is 0 Å². The van der Waals surface area contributed by atoms with Gasteiger partial charge in [-0.05, 0) is 12.8 Å². The second-order valence-electron chi connectivity index (χ2n) is 8.92. The number of nitrogens with two attached hydrogens (primary N) is 2. The van der Waals surface area contributed by atoms with Crippen molar-refractivity contribution in [3.63, 3.8) is 0 Å². The minimum absolute atomic E-state index is 0.194. The second-order valence-corrected chi connectivity index (χ2v) is 10.0. The number of hydrogen-bond donors (Lipinski definition) is 8. The normalized spacial score (nSPS) is 31.9. The number of amides is 4. The summed E-state index contributed by atoms with van der Waals surface area (Å²) in [7, 11) is 0. The maximum atomic E-state index is 13.1. The third-order valence-corrected chi connectivity index (χ3v) is 7.43. The van der Waals surface area contributed by atoms with Gasteiger partial charge in [0.2, 0.25) is 23.6 Å². The van der Waals surface area contributed by atoms with E-state index in [2.05, 4.69) is 21.3 Å². The summed E-state index contributed by atoms with van der Waals surface area (Å²) in [5, 5.41) is 28.3. The smallest absolute Gasteiger partial charge is 0.318 e. The van der Waals surface area contributed by atoms with E-state index in [1.807, 2.05) is 0 Å². The first-order valence-electron chi connectivity index (χ1n) is 11.4. The van der Waals surface area contributed by atoms with Crippen LogP contribution in [-0.4, -0.2) is 100.0 Å². The van der Waals surface area contributed by atoms with Gasteiger partial charge >= 0.3 is 5.97 Å². The van der Waals surface area contributed by atoms with E-state index in [1.54, 1.807) is 13.8 Å². The van der Waals surface area contributed by atoms with Gasteiger partial charge in [0.25, 0.3) is 0 Å². The Bertz CT molecular complexity index is 845. The Labute approximate surface area is 213 Å². The van der Waals surface area contributed by atoms with Gasteiger partial charge in [-0.1, -0.05) is 20.3 Å². The molecule has 0 saturated carbocycles. The molecule has 4 unspecified atom stereocenters. The lowest BCUT2D eigenvalue weighted by Crippen LogP contribution is -2.61. The quantitative estimate of drug-likeness (QED) is 0.149. The van der Waals surface area contributed by atoms with Crippen LogP contribution in [0.2, 0.25) is 0 Å². The number of rotatable bonds is 7. The van der Waals surface area contributed by atoms with Crippen LogP contribution in [0.4, 0.5) is 0 Å². The number of thioether (sulfide) groups is 1. The SMILES string of the molecule is CCC(C)C1NC(=O)[C@H](CC(N)=O)NC(=O)[C@H](C)NC(=O)C(CO)NC[C@@](N)(C=O)CSC1C(=O)O. The van der Waals surface area contributed by atoms with Crippen LogP contribution in [0.5, 0.6) is 0 Å².